The van der Waals surface area contributed by atoms with E-state index in [9.17, 15) is 4.79 Å². The Morgan fingerprint density at radius 1 is 0.870 bits per heavy atom. The molecular formula is C21H38O2. The maximum absolute atomic E-state index is 11.1. The summed E-state index contributed by atoms with van der Waals surface area (Å²) in [5, 5.41) is 9.13. The molecule has 23 heavy (non-hydrogen) atoms. The second kappa shape index (κ2) is 15.8. The molecule has 0 aromatic heterocycles. The first-order chi connectivity index (χ1) is 11.1. The summed E-state index contributed by atoms with van der Waals surface area (Å²) in [6.07, 6.45) is 21.9. The minimum atomic E-state index is -0.634. The van der Waals surface area contributed by atoms with Crippen LogP contribution in [-0.4, -0.2) is 11.1 Å². The largest absolute Gasteiger partial charge is 0.481 e. The van der Waals surface area contributed by atoms with Gasteiger partial charge in [-0.15, -0.1) is 0 Å². The molecule has 0 radical (unpaired) electrons. The molecular weight excluding hydrogens is 284 g/mol. The highest BCUT2D eigenvalue weighted by atomic mass is 16.4. The molecule has 0 fully saturated rings. The van der Waals surface area contributed by atoms with Crippen LogP contribution in [0.2, 0.25) is 0 Å². The first kappa shape index (κ1) is 21.9. The van der Waals surface area contributed by atoms with Crippen LogP contribution in [0.4, 0.5) is 0 Å². The van der Waals surface area contributed by atoms with Gasteiger partial charge in [0.15, 0.2) is 0 Å². The van der Waals surface area contributed by atoms with E-state index < -0.39 is 5.97 Å². The molecule has 0 saturated heterocycles. The molecule has 0 spiro atoms. The number of aliphatic carboxylic acids is 1. The molecule has 134 valence electrons. The van der Waals surface area contributed by atoms with Gasteiger partial charge in [-0.05, 0) is 44.4 Å². The summed E-state index contributed by atoms with van der Waals surface area (Å²) in [6.45, 7) is 6.24. The van der Waals surface area contributed by atoms with Crippen LogP contribution in [0.25, 0.3) is 0 Å². The van der Waals surface area contributed by atoms with Gasteiger partial charge in [0.2, 0.25) is 0 Å². The van der Waals surface area contributed by atoms with Crippen molar-refractivity contribution in [3.05, 3.63) is 24.3 Å². The summed E-state index contributed by atoms with van der Waals surface area (Å²) in [6, 6.07) is 0. The van der Waals surface area contributed by atoms with Gasteiger partial charge in [0, 0.05) is 0 Å². The second-order valence-electron chi connectivity index (χ2n) is 6.85. The highest BCUT2D eigenvalue weighted by Gasteiger charge is 2.20. The number of unbranched alkanes of at least 4 members (excludes halogenated alkanes) is 7. The predicted molar refractivity (Wildman–Crippen MR) is 101 cm³/mol. The Bertz CT molecular complexity index is 329. The van der Waals surface area contributed by atoms with Crippen LogP contribution in [-0.2, 0) is 4.79 Å². The van der Waals surface area contributed by atoms with E-state index >= 15 is 0 Å². The topological polar surface area (TPSA) is 37.3 Å². The van der Waals surface area contributed by atoms with Crippen LogP contribution in [0.5, 0.6) is 0 Å². The fourth-order valence-corrected chi connectivity index (χ4v) is 2.74. The van der Waals surface area contributed by atoms with Crippen molar-refractivity contribution in [1.29, 1.82) is 0 Å². The van der Waals surface area contributed by atoms with E-state index in [0.29, 0.717) is 0 Å². The maximum atomic E-state index is 11.1. The molecule has 0 bridgehead atoms. The molecule has 2 heteroatoms. The van der Waals surface area contributed by atoms with Gasteiger partial charge in [-0.25, -0.2) is 0 Å². The zero-order valence-corrected chi connectivity index (χ0v) is 15.6. The van der Waals surface area contributed by atoms with Crippen LogP contribution in [0.1, 0.15) is 91.4 Å². The minimum absolute atomic E-state index is 0.168. The Morgan fingerprint density at radius 3 is 1.96 bits per heavy atom. The molecule has 0 aliphatic carbocycles. The highest BCUT2D eigenvalue weighted by molar-refractivity contribution is 5.70. The summed E-state index contributed by atoms with van der Waals surface area (Å²) in [7, 11) is 0. The zero-order chi connectivity index (χ0) is 17.3. The highest BCUT2D eigenvalue weighted by Crippen LogP contribution is 2.19. The first-order valence-electron chi connectivity index (χ1n) is 9.62. The molecule has 1 unspecified atom stereocenters. The molecule has 0 aromatic carbocycles. The van der Waals surface area contributed by atoms with E-state index in [1.807, 2.05) is 13.8 Å². The predicted octanol–water partition coefficient (Wildman–Crippen LogP) is 6.77. The molecule has 1 atom stereocenters. The first-order valence-corrected chi connectivity index (χ1v) is 9.62. The van der Waals surface area contributed by atoms with Crippen molar-refractivity contribution in [1.82, 2.24) is 0 Å². The summed E-state index contributed by atoms with van der Waals surface area (Å²) in [5.74, 6) is -0.560. The number of carboxylic acid groups (broad SMARTS) is 1. The van der Waals surface area contributed by atoms with E-state index in [1.54, 1.807) is 0 Å². The lowest BCUT2D eigenvalue weighted by Gasteiger charge is -2.15. The van der Waals surface area contributed by atoms with Gasteiger partial charge in [-0.3, -0.25) is 4.79 Å². The average molecular weight is 323 g/mol. The van der Waals surface area contributed by atoms with Crippen molar-refractivity contribution >= 4 is 5.97 Å². The number of hydrogen-bond acceptors (Lipinski definition) is 1. The van der Waals surface area contributed by atoms with Gasteiger partial charge in [0.25, 0.3) is 0 Å². The van der Waals surface area contributed by atoms with Gasteiger partial charge >= 0.3 is 5.97 Å². The lowest BCUT2D eigenvalue weighted by Crippen LogP contribution is -2.19. The third-order valence-corrected chi connectivity index (χ3v) is 4.34. The van der Waals surface area contributed by atoms with Crippen molar-refractivity contribution in [2.75, 3.05) is 0 Å². The summed E-state index contributed by atoms with van der Waals surface area (Å²) in [5.41, 5.74) is 0. The van der Waals surface area contributed by atoms with Crippen LogP contribution in [0, 0.1) is 11.8 Å². The summed E-state index contributed by atoms with van der Waals surface area (Å²) >= 11 is 0. The molecule has 1 N–H and O–H groups in total. The number of carbonyl (C=O) groups is 1. The van der Waals surface area contributed by atoms with Gasteiger partial charge in [-0.2, -0.15) is 0 Å². The van der Waals surface area contributed by atoms with E-state index in [1.165, 1.54) is 38.5 Å². The lowest BCUT2D eigenvalue weighted by molar-refractivity contribution is -0.143. The molecule has 0 heterocycles. The summed E-state index contributed by atoms with van der Waals surface area (Å²) in [4.78, 5) is 11.1. The molecule has 0 rings (SSSR count). The van der Waals surface area contributed by atoms with Crippen LogP contribution in [0.3, 0.4) is 0 Å². The Hall–Kier alpha value is -1.05. The maximum Gasteiger partial charge on any atom is 0.306 e. The monoisotopic (exact) mass is 322 g/mol. The molecule has 0 aromatic rings. The van der Waals surface area contributed by atoms with Crippen LogP contribution < -0.4 is 0 Å². The normalized spacial score (nSPS) is 13.4. The Kier molecular flexibility index (Phi) is 15.1. The Balaban J connectivity index is 3.45. The molecule has 0 saturated carbocycles. The zero-order valence-electron chi connectivity index (χ0n) is 15.6. The van der Waals surface area contributed by atoms with Gasteiger partial charge in [0.05, 0.1) is 5.92 Å². The fraction of sp³-hybridized carbons (Fsp3) is 0.762. The van der Waals surface area contributed by atoms with Crippen molar-refractivity contribution in [3.63, 3.8) is 0 Å². The molecule has 0 amide bonds. The number of allylic oxidation sites excluding steroid dienone is 4. The fourth-order valence-electron chi connectivity index (χ4n) is 2.74. The van der Waals surface area contributed by atoms with Gasteiger partial charge in [0.1, 0.15) is 0 Å². The van der Waals surface area contributed by atoms with E-state index in [0.717, 1.165) is 32.1 Å². The van der Waals surface area contributed by atoms with Crippen LogP contribution in [0.15, 0.2) is 24.3 Å². The quantitative estimate of drug-likeness (QED) is 0.267. The lowest BCUT2D eigenvalue weighted by atomic mass is 9.90. The Morgan fingerprint density at radius 2 is 1.43 bits per heavy atom. The van der Waals surface area contributed by atoms with E-state index in [4.69, 9.17) is 5.11 Å². The smallest absolute Gasteiger partial charge is 0.306 e. The molecule has 0 aliphatic rings. The van der Waals surface area contributed by atoms with Gasteiger partial charge < -0.3 is 5.11 Å². The standard InChI is InChI=1S/C21H38O2/c1-4-5-6-7-8-9-10-11-12-13-14-15-16-17-18-20(19(2)3)21(22)23/h8-9,11-12,19-20H,4-7,10,13-18H2,1-3H3,(H,22,23)/b9-8-,12-11-. The second-order valence-corrected chi connectivity index (χ2v) is 6.85. The SMILES string of the molecule is CCCCC/C=C\C/C=C\CCCCCCC(C(=O)O)C(C)C. The molecule has 0 aliphatic heterocycles. The third-order valence-electron chi connectivity index (χ3n) is 4.34. The number of carboxylic acids is 1. The van der Waals surface area contributed by atoms with Crippen molar-refractivity contribution in [2.45, 2.75) is 91.4 Å². The van der Waals surface area contributed by atoms with Gasteiger partial charge in [-0.1, -0.05) is 77.2 Å². The minimum Gasteiger partial charge on any atom is -0.481 e. The van der Waals surface area contributed by atoms with Crippen molar-refractivity contribution < 1.29 is 9.90 Å². The van der Waals surface area contributed by atoms with Crippen LogP contribution >= 0.6 is 0 Å². The Labute approximate surface area is 144 Å². The third kappa shape index (κ3) is 14.3. The number of rotatable bonds is 15. The van der Waals surface area contributed by atoms with E-state index in [2.05, 4.69) is 31.2 Å². The summed E-state index contributed by atoms with van der Waals surface area (Å²) < 4.78 is 0. The average Bonchev–Trinajstić information content (AvgIpc) is 2.50. The molecule has 2 nitrogen and oxygen atoms in total. The van der Waals surface area contributed by atoms with E-state index in [-0.39, 0.29) is 11.8 Å². The number of hydrogen-bond donors (Lipinski definition) is 1. The van der Waals surface area contributed by atoms with Crippen molar-refractivity contribution in [2.24, 2.45) is 11.8 Å². The van der Waals surface area contributed by atoms with Crippen molar-refractivity contribution in [3.8, 4) is 0 Å².